The lowest BCUT2D eigenvalue weighted by atomic mass is 10.1. The second-order valence-electron chi connectivity index (χ2n) is 4.99. The van der Waals surface area contributed by atoms with Gasteiger partial charge in [0.05, 0.1) is 6.61 Å². The van der Waals surface area contributed by atoms with Crippen LogP contribution in [0.2, 0.25) is 0 Å². The summed E-state index contributed by atoms with van der Waals surface area (Å²) in [6.07, 6.45) is 1.36. The predicted octanol–water partition coefficient (Wildman–Crippen LogP) is 2.72. The molecule has 0 spiro atoms. The fourth-order valence-corrected chi connectivity index (χ4v) is 2.15. The number of nitrogens with zero attached hydrogens (tertiary/aromatic N) is 3. The molecule has 0 aliphatic carbocycles. The highest BCUT2D eigenvalue weighted by atomic mass is 16.5. The van der Waals surface area contributed by atoms with Gasteiger partial charge in [0.15, 0.2) is 0 Å². The first-order valence-electron chi connectivity index (χ1n) is 7.26. The molecule has 7 nitrogen and oxygen atoms in total. The molecule has 0 unspecified atom stereocenters. The van der Waals surface area contributed by atoms with E-state index in [0.717, 1.165) is 5.56 Å². The molecule has 0 fully saturated rings. The van der Waals surface area contributed by atoms with Crippen molar-refractivity contribution < 1.29 is 14.1 Å². The second kappa shape index (κ2) is 6.43. The zero-order valence-corrected chi connectivity index (χ0v) is 12.9. The van der Waals surface area contributed by atoms with Gasteiger partial charge in [-0.3, -0.25) is 0 Å². The SMILES string of the molecule is CCOC(=O)c1noc2ncnc(NCc3ccc(C)cc3)c12. The van der Waals surface area contributed by atoms with Crippen molar-refractivity contribution >= 4 is 22.9 Å². The molecular weight excluding hydrogens is 296 g/mol. The summed E-state index contributed by atoms with van der Waals surface area (Å²) < 4.78 is 10.1. The van der Waals surface area contributed by atoms with Crippen molar-refractivity contribution in [3.63, 3.8) is 0 Å². The zero-order chi connectivity index (χ0) is 16.2. The molecule has 23 heavy (non-hydrogen) atoms. The van der Waals surface area contributed by atoms with Gasteiger partial charge in [-0.05, 0) is 19.4 Å². The van der Waals surface area contributed by atoms with Gasteiger partial charge in [0.25, 0.3) is 5.71 Å². The van der Waals surface area contributed by atoms with E-state index in [4.69, 9.17) is 9.26 Å². The van der Waals surface area contributed by atoms with Crippen LogP contribution >= 0.6 is 0 Å². The number of benzene rings is 1. The van der Waals surface area contributed by atoms with Crippen LogP contribution in [-0.4, -0.2) is 27.7 Å². The fourth-order valence-electron chi connectivity index (χ4n) is 2.15. The molecule has 2 aromatic heterocycles. The normalized spacial score (nSPS) is 10.7. The van der Waals surface area contributed by atoms with E-state index in [1.807, 2.05) is 31.2 Å². The van der Waals surface area contributed by atoms with Gasteiger partial charge in [0.2, 0.25) is 5.69 Å². The summed E-state index contributed by atoms with van der Waals surface area (Å²) in [6, 6.07) is 8.13. The van der Waals surface area contributed by atoms with E-state index in [2.05, 4.69) is 20.4 Å². The van der Waals surface area contributed by atoms with E-state index in [1.165, 1.54) is 11.9 Å². The van der Waals surface area contributed by atoms with Crippen molar-refractivity contribution in [3.8, 4) is 0 Å². The molecule has 1 N–H and O–H groups in total. The van der Waals surface area contributed by atoms with Gasteiger partial charge >= 0.3 is 5.97 Å². The van der Waals surface area contributed by atoms with Crippen LogP contribution in [0.25, 0.3) is 11.1 Å². The smallest absolute Gasteiger partial charge is 0.361 e. The number of hydrogen-bond acceptors (Lipinski definition) is 7. The van der Waals surface area contributed by atoms with Crippen LogP contribution in [0, 0.1) is 6.92 Å². The van der Waals surface area contributed by atoms with Gasteiger partial charge in [-0.2, -0.15) is 4.98 Å². The molecule has 7 heteroatoms. The monoisotopic (exact) mass is 312 g/mol. The van der Waals surface area contributed by atoms with E-state index < -0.39 is 5.97 Å². The third-order valence-corrected chi connectivity index (χ3v) is 3.32. The molecule has 0 radical (unpaired) electrons. The molecule has 0 atom stereocenters. The Balaban J connectivity index is 1.89. The van der Waals surface area contributed by atoms with Crippen LogP contribution in [0.5, 0.6) is 0 Å². The van der Waals surface area contributed by atoms with Crippen LogP contribution in [-0.2, 0) is 11.3 Å². The molecule has 118 valence electrons. The van der Waals surface area contributed by atoms with Gasteiger partial charge in [-0.1, -0.05) is 35.0 Å². The fraction of sp³-hybridized carbons (Fsp3) is 0.250. The van der Waals surface area contributed by atoms with Gasteiger partial charge < -0.3 is 14.6 Å². The molecule has 0 saturated carbocycles. The molecule has 0 saturated heterocycles. The molecule has 0 aliphatic heterocycles. The van der Waals surface area contributed by atoms with Gasteiger partial charge in [0.1, 0.15) is 17.5 Å². The van der Waals surface area contributed by atoms with Crippen molar-refractivity contribution in [3.05, 3.63) is 47.4 Å². The number of rotatable bonds is 5. The molecule has 0 aliphatic rings. The van der Waals surface area contributed by atoms with Gasteiger partial charge in [0, 0.05) is 6.54 Å². The lowest BCUT2D eigenvalue weighted by molar-refractivity contribution is 0.0517. The van der Waals surface area contributed by atoms with Crippen molar-refractivity contribution in [2.24, 2.45) is 0 Å². The minimum atomic E-state index is -0.556. The largest absolute Gasteiger partial charge is 0.461 e. The van der Waals surface area contributed by atoms with Crippen molar-refractivity contribution in [1.82, 2.24) is 15.1 Å². The highest BCUT2D eigenvalue weighted by Gasteiger charge is 2.21. The number of esters is 1. The summed E-state index contributed by atoms with van der Waals surface area (Å²) in [6.45, 7) is 4.58. The molecule has 3 aromatic rings. The average Bonchev–Trinajstić information content (AvgIpc) is 2.99. The summed E-state index contributed by atoms with van der Waals surface area (Å²) in [7, 11) is 0. The maximum absolute atomic E-state index is 12.0. The number of nitrogens with one attached hydrogen (secondary N) is 1. The third-order valence-electron chi connectivity index (χ3n) is 3.32. The number of aromatic nitrogens is 3. The lowest BCUT2D eigenvalue weighted by Gasteiger charge is -2.07. The molecule has 0 amide bonds. The predicted molar refractivity (Wildman–Crippen MR) is 84.1 cm³/mol. The first-order valence-corrected chi connectivity index (χ1v) is 7.26. The standard InChI is InChI=1S/C16H16N4O3/c1-3-22-16(21)13-12-14(18-9-19-15(12)23-20-13)17-8-11-6-4-10(2)5-7-11/h4-7,9H,3,8H2,1-2H3,(H,17,18,19). The summed E-state index contributed by atoms with van der Waals surface area (Å²) in [5, 5.41) is 7.37. The Morgan fingerprint density at radius 3 is 2.78 bits per heavy atom. The summed E-state index contributed by atoms with van der Waals surface area (Å²) in [4.78, 5) is 20.1. The quantitative estimate of drug-likeness (QED) is 0.724. The summed E-state index contributed by atoms with van der Waals surface area (Å²) in [5.41, 5.74) is 2.61. The maximum atomic E-state index is 12.0. The van der Waals surface area contributed by atoms with E-state index in [9.17, 15) is 4.79 Å². The molecule has 0 bridgehead atoms. The van der Waals surface area contributed by atoms with Crippen LogP contribution in [0.1, 0.15) is 28.5 Å². The Kier molecular flexibility index (Phi) is 4.18. The highest BCUT2D eigenvalue weighted by Crippen LogP contribution is 2.24. The third kappa shape index (κ3) is 3.13. The average molecular weight is 312 g/mol. The number of hydrogen-bond donors (Lipinski definition) is 1. The van der Waals surface area contributed by atoms with E-state index in [0.29, 0.717) is 17.7 Å². The van der Waals surface area contributed by atoms with E-state index in [-0.39, 0.29) is 18.0 Å². The zero-order valence-electron chi connectivity index (χ0n) is 12.9. The summed E-state index contributed by atoms with van der Waals surface area (Å²) in [5.74, 6) is -0.0701. The number of fused-ring (bicyclic) bond motifs is 1. The van der Waals surface area contributed by atoms with Crippen LogP contribution < -0.4 is 5.32 Å². The topological polar surface area (TPSA) is 90.1 Å². The summed E-state index contributed by atoms with van der Waals surface area (Å²) >= 11 is 0. The Bertz CT molecular complexity index is 827. The highest BCUT2D eigenvalue weighted by molar-refractivity contribution is 6.04. The first-order chi connectivity index (χ1) is 11.2. The van der Waals surface area contributed by atoms with E-state index >= 15 is 0 Å². The minimum absolute atomic E-state index is 0.0776. The molecular formula is C16H16N4O3. The lowest BCUT2D eigenvalue weighted by Crippen LogP contribution is -2.08. The molecule has 2 heterocycles. The maximum Gasteiger partial charge on any atom is 0.361 e. The Morgan fingerprint density at radius 1 is 1.26 bits per heavy atom. The first kappa shape index (κ1) is 15.0. The molecule has 3 rings (SSSR count). The molecule has 1 aromatic carbocycles. The number of carbonyl (C=O) groups excluding carboxylic acids is 1. The van der Waals surface area contributed by atoms with Crippen LogP contribution in [0.15, 0.2) is 35.1 Å². The van der Waals surface area contributed by atoms with Crippen molar-refractivity contribution in [2.45, 2.75) is 20.4 Å². The van der Waals surface area contributed by atoms with Gasteiger partial charge in [-0.15, -0.1) is 0 Å². The number of ether oxygens (including phenoxy) is 1. The number of anilines is 1. The van der Waals surface area contributed by atoms with Gasteiger partial charge in [-0.25, -0.2) is 9.78 Å². The van der Waals surface area contributed by atoms with Crippen molar-refractivity contribution in [2.75, 3.05) is 11.9 Å². The Labute approximate surface area is 132 Å². The second-order valence-corrected chi connectivity index (χ2v) is 4.99. The van der Waals surface area contributed by atoms with Crippen LogP contribution in [0.3, 0.4) is 0 Å². The number of carbonyl (C=O) groups is 1. The Morgan fingerprint density at radius 2 is 2.04 bits per heavy atom. The Hall–Kier alpha value is -2.96. The minimum Gasteiger partial charge on any atom is -0.461 e. The van der Waals surface area contributed by atoms with E-state index in [1.54, 1.807) is 6.92 Å². The van der Waals surface area contributed by atoms with Crippen molar-refractivity contribution in [1.29, 1.82) is 0 Å². The number of aryl methyl sites for hydroxylation is 1. The van der Waals surface area contributed by atoms with Crippen LogP contribution in [0.4, 0.5) is 5.82 Å².